The fourth-order valence-corrected chi connectivity index (χ4v) is 0.941. The Morgan fingerprint density at radius 2 is 2.56 bits per heavy atom. The Balaban J connectivity index is 2.51. The molecule has 0 atom stereocenters. The second-order valence-corrected chi connectivity index (χ2v) is 2.07. The van der Waals surface area contributed by atoms with Crippen LogP contribution in [0.25, 0.3) is 0 Å². The zero-order chi connectivity index (χ0) is 6.27. The smallest absolute Gasteiger partial charge is 0.316 e. The molecule has 1 aromatic heterocycles. The molecule has 5 heteroatoms. The molecule has 0 amide bonds. The first-order valence-electron chi connectivity index (χ1n) is 2.59. The van der Waals surface area contributed by atoms with Crippen LogP contribution in [-0.2, 0) is 6.54 Å². The number of hydrogen-bond acceptors (Lipinski definition) is 3. The van der Waals surface area contributed by atoms with Gasteiger partial charge in [0.05, 0.1) is 6.54 Å². The summed E-state index contributed by atoms with van der Waals surface area (Å²) >= 11 is 5.46. The van der Waals surface area contributed by atoms with Gasteiger partial charge in [-0.15, -0.1) is 5.10 Å². The monoisotopic (exact) mass is 145 g/mol. The number of rotatable bonds is 0. The minimum absolute atomic E-state index is 0.254. The molecule has 0 spiro atoms. The Kier molecular flexibility index (Phi) is 0.900. The van der Waals surface area contributed by atoms with Gasteiger partial charge in [-0.25, -0.2) is 4.68 Å². The van der Waals surface area contributed by atoms with Crippen LogP contribution in [0.3, 0.4) is 0 Å². The Morgan fingerprint density at radius 1 is 1.67 bits per heavy atom. The molecular formula is C4H4ClN3O. The number of nitrogens with zero attached hydrogens (tertiary/aromatic N) is 3. The van der Waals surface area contributed by atoms with Gasteiger partial charge in [0.25, 0.3) is 0 Å². The summed E-state index contributed by atoms with van der Waals surface area (Å²) in [5, 5.41) is 4.09. The highest BCUT2D eigenvalue weighted by molar-refractivity contribution is 6.28. The van der Waals surface area contributed by atoms with Crippen molar-refractivity contribution in [2.75, 3.05) is 6.61 Å². The maximum absolute atomic E-state index is 5.46. The maximum atomic E-state index is 5.46. The van der Waals surface area contributed by atoms with Crippen molar-refractivity contribution in [2.24, 2.45) is 0 Å². The van der Waals surface area contributed by atoms with E-state index in [0.717, 1.165) is 6.54 Å². The molecule has 1 aliphatic heterocycles. The number of halogens is 1. The first kappa shape index (κ1) is 5.05. The number of hydrogen-bond donors (Lipinski definition) is 0. The van der Waals surface area contributed by atoms with Crippen molar-refractivity contribution in [2.45, 2.75) is 6.54 Å². The molecule has 2 rings (SSSR count). The third kappa shape index (κ3) is 0.666. The SMILES string of the molecule is Clc1nc2n(n1)CCO2. The second kappa shape index (κ2) is 1.60. The van der Waals surface area contributed by atoms with Crippen LogP contribution in [0.4, 0.5) is 0 Å². The van der Waals surface area contributed by atoms with E-state index >= 15 is 0 Å². The summed E-state index contributed by atoms with van der Waals surface area (Å²) < 4.78 is 6.67. The van der Waals surface area contributed by atoms with Gasteiger partial charge in [-0.05, 0) is 11.6 Å². The standard InChI is InChI=1S/C4H4ClN3O/c5-3-6-4-8(7-3)1-2-9-4/h1-2H2. The van der Waals surface area contributed by atoms with Crippen LogP contribution in [0.1, 0.15) is 0 Å². The number of aromatic nitrogens is 3. The third-order valence-corrected chi connectivity index (χ3v) is 1.31. The molecule has 0 aromatic carbocycles. The van der Waals surface area contributed by atoms with E-state index in [4.69, 9.17) is 16.3 Å². The summed E-state index contributed by atoms with van der Waals surface area (Å²) in [6.07, 6.45) is 0. The predicted molar refractivity (Wildman–Crippen MR) is 30.5 cm³/mol. The highest BCUT2D eigenvalue weighted by Crippen LogP contribution is 2.15. The lowest BCUT2D eigenvalue weighted by Gasteiger charge is -1.83. The van der Waals surface area contributed by atoms with Crippen molar-refractivity contribution in [1.29, 1.82) is 0 Å². The van der Waals surface area contributed by atoms with E-state index in [0.29, 0.717) is 12.6 Å². The molecule has 0 fully saturated rings. The van der Waals surface area contributed by atoms with Crippen molar-refractivity contribution < 1.29 is 4.74 Å². The molecule has 2 heterocycles. The summed E-state index contributed by atoms with van der Waals surface area (Å²) in [6.45, 7) is 1.42. The minimum Gasteiger partial charge on any atom is -0.462 e. The van der Waals surface area contributed by atoms with Crippen LogP contribution in [-0.4, -0.2) is 21.4 Å². The van der Waals surface area contributed by atoms with Gasteiger partial charge in [0.2, 0.25) is 5.28 Å². The average molecular weight is 146 g/mol. The Bertz CT molecular complexity index is 212. The molecule has 9 heavy (non-hydrogen) atoms. The van der Waals surface area contributed by atoms with Gasteiger partial charge in [0.1, 0.15) is 6.61 Å². The van der Waals surface area contributed by atoms with Gasteiger partial charge in [0, 0.05) is 0 Å². The summed E-state index contributed by atoms with van der Waals surface area (Å²) in [5.41, 5.74) is 0. The van der Waals surface area contributed by atoms with Crippen LogP contribution in [0.2, 0.25) is 5.28 Å². The largest absolute Gasteiger partial charge is 0.462 e. The van der Waals surface area contributed by atoms with Crippen LogP contribution in [0.15, 0.2) is 0 Å². The molecule has 1 aliphatic rings. The molecule has 1 aromatic rings. The first-order chi connectivity index (χ1) is 4.36. The Morgan fingerprint density at radius 3 is 3.33 bits per heavy atom. The van der Waals surface area contributed by atoms with Crippen LogP contribution in [0.5, 0.6) is 6.01 Å². The van der Waals surface area contributed by atoms with Gasteiger partial charge in [-0.2, -0.15) is 4.98 Å². The summed E-state index contributed by atoms with van der Waals surface area (Å²) in [6, 6.07) is 0.528. The topological polar surface area (TPSA) is 39.9 Å². The van der Waals surface area contributed by atoms with E-state index in [1.807, 2.05) is 0 Å². The summed E-state index contributed by atoms with van der Waals surface area (Å²) in [4.78, 5) is 3.79. The normalized spacial score (nSPS) is 15.2. The second-order valence-electron chi connectivity index (χ2n) is 1.74. The van der Waals surface area contributed by atoms with Crippen molar-refractivity contribution in [3.05, 3.63) is 5.28 Å². The highest BCUT2D eigenvalue weighted by Gasteiger charge is 2.14. The number of ether oxygens (including phenoxy) is 1. The molecule has 48 valence electrons. The van der Waals surface area contributed by atoms with Crippen LogP contribution >= 0.6 is 11.6 Å². The van der Waals surface area contributed by atoms with E-state index in [1.165, 1.54) is 0 Å². The molecule has 0 radical (unpaired) electrons. The Hall–Kier alpha value is -0.770. The van der Waals surface area contributed by atoms with Crippen LogP contribution in [0, 0.1) is 0 Å². The molecule has 4 nitrogen and oxygen atoms in total. The van der Waals surface area contributed by atoms with E-state index in [9.17, 15) is 0 Å². The van der Waals surface area contributed by atoms with Gasteiger partial charge >= 0.3 is 6.01 Å². The quantitative estimate of drug-likeness (QED) is 0.528. The van der Waals surface area contributed by atoms with Gasteiger partial charge in [-0.3, -0.25) is 0 Å². The molecule has 0 unspecified atom stereocenters. The molecule has 0 bridgehead atoms. The zero-order valence-electron chi connectivity index (χ0n) is 4.54. The van der Waals surface area contributed by atoms with E-state index in [2.05, 4.69) is 10.1 Å². The lowest BCUT2D eigenvalue weighted by atomic mass is 10.7. The lowest BCUT2D eigenvalue weighted by Crippen LogP contribution is -1.94. The highest BCUT2D eigenvalue weighted by atomic mass is 35.5. The molecule has 0 aliphatic carbocycles. The molecule has 0 saturated heterocycles. The van der Waals surface area contributed by atoms with E-state index in [-0.39, 0.29) is 5.28 Å². The fourth-order valence-electron chi connectivity index (χ4n) is 0.777. The van der Waals surface area contributed by atoms with Gasteiger partial charge in [-0.1, -0.05) is 0 Å². The van der Waals surface area contributed by atoms with E-state index in [1.54, 1.807) is 4.68 Å². The minimum atomic E-state index is 0.254. The van der Waals surface area contributed by atoms with E-state index < -0.39 is 0 Å². The van der Waals surface area contributed by atoms with Gasteiger partial charge in [0.15, 0.2) is 0 Å². The zero-order valence-corrected chi connectivity index (χ0v) is 5.30. The fraction of sp³-hybridized carbons (Fsp3) is 0.500. The average Bonchev–Trinajstić information content (AvgIpc) is 2.22. The van der Waals surface area contributed by atoms with Crippen molar-refractivity contribution >= 4 is 11.6 Å². The van der Waals surface area contributed by atoms with Crippen molar-refractivity contribution in [3.8, 4) is 6.01 Å². The van der Waals surface area contributed by atoms with Crippen molar-refractivity contribution in [1.82, 2.24) is 14.8 Å². The summed E-state index contributed by atoms with van der Waals surface area (Å²) in [5.74, 6) is 0. The molecule has 0 saturated carbocycles. The molecule has 0 N–H and O–H groups in total. The maximum Gasteiger partial charge on any atom is 0.316 e. The lowest BCUT2D eigenvalue weighted by molar-refractivity contribution is 0.345. The van der Waals surface area contributed by atoms with Crippen LogP contribution < -0.4 is 4.74 Å². The first-order valence-corrected chi connectivity index (χ1v) is 2.97. The predicted octanol–water partition coefficient (Wildman–Crippen LogP) is 0.324. The third-order valence-electron chi connectivity index (χ3n) is 1.15. The van der Waals surface area contributed by atoms with Gasteiger partial charge < -0.3 is 4.74 Å². The Labute approximate surface area is 56.4 Å². The number of fused-ring (bicyclic) bond motifs is 1. The summed E-state index contributed by atoms with van der Waals surface area (Å²) in [7, 11) is 0. The molecular weight excluding hydrogens is 142 g/mol. The van der Waals surface area contributed by atoms with Crippen molar-refractivity contribution in [3.63, 3.8) is 0 Å².